The van der Waals surface area contributed by atoms with E-state index in [-0.39, 0.29) is 23.2 Å². The summed E-state index contributed by atoms with van der Waals surface area (Å²) in [5.41, 5.74) is 0.0697. The van der Waals surface area contributed by atoms with Gasteiger partial charge in [0.2, 0.25) is 0 Å². The molecule has 7 heteroatoms. The highest BCUT2D eigenvalue weighted by molar-refractivity contribution is 6.41. The molecule has 1 aliphatic rings. The van der Waals surface area contributed by atoms with Gasteiger partial charge < -0.3 is 15.3 Å². The third-order valence-corrected chi connectivity index (χ3v) is 3.86. The summed E-state index contributed by atoms with van der Waals surface area (Å²) in [6, 6.07) is 3.54. The molecular formula is C14H16ClFN2O3. The number of anilines is 1. The molecular weight excluding hydrogens is 299 g/mol. The van der Waals surface area contributed by atoms with Gasteiger partial charge in [0.05, 0.1) is 10.7 Å². The Bertz CT molecular complexity index is 545. The molecule has 0 bridgehead atoms. The maximum atomic E-state index is 13.1. The van der Waals surface area contributed by atoms with Crippen LogP contribution in [0.1, 0.15) is 12.8 Å². The van der Waals surface area contributed by atoms with Crippen molar-refractivity contribution in [1.82, 2.24) is 4.90 Å². The molecule has 2 rings (SSSR count). The Balaban J connectivity index is 1.97. The monoisotopic (exact) mass is 314 g/mol. The number of benzene rings is 1. The molecule has 0 radical (unpaired) electrons. The normalized spacial score (nSPS) is 15.9. The standard InChI is InChI=1S/C14H16ClFN2O3/c15-11-2-1-10(16)7-12(11)17-13(20)14(21)18-5-3-9(8-19)4-6-18/h1-2,7,9,19H,3-6,8H2,(H,17,20). The van der Waals surface area contributed by atoms with Gasteiger partial charge in [0, 0.05) is 19.7 Å². The summed E-state index contributed by atoms with van der Waals surface area (Å²) in [4.78, 5) is 25.3. The fourth-order valence-corrected chi connectivity index (χ4v) is 2.40. The van der Waals surface area contributed by atoms with Crippen LogP contribution in [0, 0.1) is 11.7 Å². The number of amides is 2. The first-order chi connectivity index (χ1) is 10.0. The average molecular weight is 315 g/mol. The van der Waals surface area contributed by atoms with Crippen molar-refractivity contribution in [3.8, 4) is 0 Å². The fourth-order valence-electron chi connectivity index (χ4n) is 2.23. The molecule has 0 aromatic heterocycles. The van der Waals surface area contributed by atoms with E-state index in [2.05, 4.69) is 5.32 Å². The highest BCUT2D eigenvalue weighted by atomic mass is 35.5. The molecule has 5 nitrogen and oxygen atoms in total. The molecule has 0 aliphatic carbocycles. The molecule has 0 unspecified atom stereocenters. The smallest absolute Gasteiger partial charge is 0.313 e. The molecule has 1 saturated heterocycles. The second-order valence-corrected chi connectivity index (χ2v) is 5.40. The van der Waals surface area contributed by atoms with Crippen LogP contribution < -0.4 is 5.32 Å². The second-order valence-electron chi connectivity index (χ2n) is 5.00. The Morgan fingerprint density at radius 1 is 1.38 bits per heavy atom. The number of hydrogen-bond donors (Lipinski definition) is 2. The average Bonchev–Trinajstić information content (AvgIpc) is 2.50. The molecule has 1 fully saturated rings. The van der Waals surface area contributed by atoms with Gasteiger partial charge in [-0.25, -0.2) is 4.39 Å². The lowest BCUT2D eigenvalue weighted by atomic mass is 9.98. The molecule has 0 atom stereocenters. The first kappa shape index (κ1) is 15.7. The van der Waals surface area contributed by atoms with Crippen LogP contribution in [0.3, 0.4) is 0 Å². The van der Waals surface area contributed by atoms with Gasteiger partial charge in [-0.3, -0.25) is 9.59 Å². The van der Waals surface area contributed by atoms with Crippen molar-refractivity contribution in [1.29, 1.82) is 0 Å². The predicted octanol–water partition coefficient (Wildman–Crippen LogP) is 1.65. The van der Waals surface area contributed by atoms with Crippen LogP contribution in [0.5, 0.6) is 0 Å². The Hall–Kier alpha value is -1.66. The Labute approximate surface area is 126 Å². The van der Waals surface area contributed by atoms with Crippen LogP contribution in [0.4, 0.5) is 10.1 Å². The lowest BCUT2D eigenvalue weighted by molar-refractivity contribution is -0.144. The maximum absolute atomic E-state index is 13.1. The Morgan fingerprint density at radius 3 is 2.67 bits per heavy atom. The van der Waals surface area contributed by atoms with Crippen molar-refractivity contribution in [2.45, 2.75) is 12.8 Å². The lowest BCUT2D eigenvalue weighted by Crippen LogP contribution is -2.44. The van der Waals surface area contributed by atoms with Crippen LogP contribution in [-0.4, -0.2) is 41.5 Å². The van der Waals surface area contributed by atoms with Gasteiger partial charge in [0.25, 0.3) is 0 Å². The number of likely N-dealkylation sites (tertiary alicyclic amines) is 1. The molecule has 1 aromatic carbocycles. The molecule has 21 heavy (non-hydrogen) atoms. The summed E-state index contributed by atoms with van der Waals surface area (Å²) in [6.45, 7) is 0.940. The van der Waals surface area contributed by atoms with Gasteiger partial charge in [-0.1, -0.05) is 11.6 Å². The van der Waals surface area contributed by atoms with E-state index in [0.29, 0.717) is 25.9 Å². The van der Waals surface area contributed by atoms with E-state index in [1.165, 1.54) is 17.0 Å². The van der Waals surface area contributed by atoms with Crippen LogP contribution in [0.25, 0.3) is 0 Å². The summed E-state index contributed by atoms with van der Waals surface area (Å²) >= 11 is 5.83. The van der Waals surface area contributed by atoms with E-state index >= 15 is 0 Å². The van der Waals surface area contributed by atoms with E-state index in [0.717, 1.165) is 6.07 Å². The van der Waals surface area contributed by atoms with E-state index in [1.54, 1.807) is 0 Å². The molecule has 1 heterocycles. The van der Waals surface area contributed by atoms with Crippen LogP contribution in [0.15, 0.2) is 18.2 Å². The number of aliphatic hydroxyl groups is 1. The van der Waals surface area contributed by atoms with E-state index in [1.807, 2.05) is 0 Å². The number of carbonyl (C=O) groups is 2. The number of carbonyl (C=O) groups excluding carboxylic acids is 2. The summed E-state index contributed by atoms with van der Waals surface area (Å²) < 4.78 is 13.1. The van der Waals surface area contributed by atoms with Crippen molar-refractivity contribution >= 4 is 29.1 Å². The minimum absolute atomic E-state index is 0.0697. The summed E-state index contributed by atoms with van der Waals surface area (Å²) in [5.74, 6) is -1.89. The zero-order chi connectivity index (χ0) is 15.4. The van der Waals surface area contributed by atoms with Crippen molar-refractivity contribution in [3.63, 3.8) is 0 Å². The van der Waals surface area contributed by atoms with Gasteiger partial charge in [-0.2, -0.15) is 0 Å². The molecule has 2 N–H and O–H groups in total. The van der Waals surface area contributed by atoms with Crippen LogP contribution in [0.2, 0.25) is 5.02 Å². The number of nitrogens with one attached hydrogen (secondary N) is 1. The van der Waals surface area contributed by atoms with Gasteiger partial charge in [0.1, 0.15) is 5.82 Å². The number of hydrogen-bond acceptors (Lipinski definition) is 3. The van der Waals surface area contributed by atoms with Crippen molar-refractivity contribution < 1.29 is 19.1 Å². The van der Waals surface area contributed by atoms with Gasteiger partial charge in [-0.15, -0.1) is 0 Å². The molecule has 2 amide bonds. The highest BCUT2D eigenvalue weighted by Crippen LogP contribution is 2.23. The van der Waals surface area contributed by atoms with E-state index in [9.17, 15) is 14.0 Å². The third-order valence-electron chi connectivity index (χ3n) is 3.53. The number of halogens is 2. The quantitative estimate of drug-likeness (QED) is 0.816. The SMILES string of the molecule is O=C(Nc1cc(F)ccc1Cl)C(=O)N1CCC(CO)CC1. The lowest BCUT2D eigenvalue weighted by Gasteiger charge is -2.30. The molecule has 0 spiro atoms. The van der Waals surface area contributed by atoms with Crippen molar-refractivity contribution in [3.05, 3.63) is 29.0 Å². The van der Waals surface area contributed by atoms with Gasteiger partial charge in [0.15, 0.2) is 0 Å². The van der Waals surface area contributed by atoms with Crippen molar-refractivity contribution in [2.75, 3.05) is 25.0 Å². The Morgan fingerprint density at radius 2 is 2.05 bits per heavy atom. The molecule has 0 saturated carbocycles. The minimum atomic E-state index is -0.843. The minimum Gasteiger partial charge on any atom is -0.396 e. The van der Waals surface area contributed by atoms with Gasteiger partial charge in [-0.05, 0) is 37.0 Å². The second kappa shape index (κ2) is 6.87. The first-order valence-corrected chi connectivity index (χ1v) is 7.05. The van der Waals surface area contributed by atoms with Crippen LogP contribution >= 0.6 is 11.6 Å². The number of aliphatic hydroxyl groups excluding tert-OH is 1. The topological polar surface area (TPSA) is 69.6 Å². The number of rotatable bonds is 2. The Kier molecular flexibility index (Phi) is 5.14. The molecule has 1 aromatic rings. The van der Waals surface area contributed by atoms with Gasteiger partial charge >= 0.3 is 11.8 Å². The summed E-state index contributed by atoms with van der Waals surface area (Å²) in [5, 5.41) is 11.5. The largest absolute Gasteiger partial charge is 0.396 e. The number of piperidine rings is 1. The highest BCUT2D eigenvalue weighted by Gasteiger charge is 2.27. The zero-order valence-electron chi connectivity index (χ0n) is 11.3. The predicted molar refractivity (Wildman–Crippen MR) is 76.4 cm³/mol. The van der Waals surface area contributed by atoms with Crippen LogP contribution in [-0.2, 0) is 9.59 Å². The maximum Gasteiger partial charge on any atom is 0.313 e. The van der Waals surface area contributed by atoms with Crippen molar-refractivity contribution in [2.24, 2.45) is 5.92 Å². The third kappa shape index (κ3) is 3.92. The number of nitrogens with zero attached hydrogens (tertiary/aromatic N) is 1. The molecule has 114 valence electrons. The zero-order valence-corrected chi connectivity index (χ0v) is 12.1. The molecule has 1 aliphatic heterocycles. The summed E-state index contributed by atoms with van der Waals surface area (Å²) in [6.07, 6.45) is 1.33. The van der Waals surface area contributed by atoms with E-state index < -0.39 is 17.6 Å². The fraction of sp³-hybridized carbons (Fsp3) is 0.429. The first-order valence-electron chi connectivity index (χ1n) is 6.67. The summed E-state index contributed by atoms with van der Waals surface area (Å²) in [7, 11) is 0. The van der Waals surface area contributed by atoms with E-state index in [4.69, 9.17) is 16.7 Å².